The lowest BCUT2D eigenvalue weighted by Gasteiger charge is -2.16. The van der Waals surface area contributed by atoms with Gasteiger partial charge < -0.3 is 16.6 Å². The van der Waals surface area contributed by atoms with Gasteiger partial charge in [0.1, 0.15) is 11.6 Å². The summed E-state index contributed by atoms with van der Waals surface area (Å²) in [6, 6.07) is 1.87. The van der Waals surface area contributed by atoms with Crippen molar-refractivity contribution in [2.45, 2.75) is 39.5 Å². The van der Waals surface area contributed by atoms with E-state index in [0.29, 0.717) is 11.3 Å². The average molecular weight is 209 g/mol. The first kappa shape index (κ1) is 13.4. The van der Waals surface area contributed by atoms with Gasteiger partial charge in [-0.2, -0.15) is 5.26 Å². The van der Waals surface area contributed by atoms with Crippen molar-refractivity contribution in [1.82, 2.24) is 0 Å². The normalized spacial score (nSPS) is 17.1. The minimum Gasteiger partial charge on any atom is -0.494 e. The minimum atomic E-state index is -0.428. The van der Waals surface area contributed by atoms with Crippen molar-refractivity contribution < 1.29 is 5.11 Å². The predicted molar refractivity (Wildman–Crippen MR) is 60.5 cm³/mol. The van der Waals surface area contributed by atoms with E-state index in [1.54, 1.807) is 0 Å². The second-order valence-electron chi connectivity index (χ2n) is 3.08. The molecule has 0 heterocycles. The first-order valence-electron chi connectivity index (χ1n) is 5.23. The van der Waals surface area contributed by atoms with Crippen LogP contribution in [-0.4, -0.2) is 5.11 Å². The summed E-state index contributed by atoms with van der Waals surface area (Å²) in [6.45, 7) is 4.00. The number of rotatable bonds is 1. The summed E-state index contributed by atoms with van der Waals surface area (Å²) in [5.41, 5.74) is 12.4. The molecule has 0 aromatic heterocycles. The van der Waals surface area contributed by atoms with Gasteiger partial charge in [-0.05, 0) is 31.3 Å². The molecule has 0 amide bonds. The van der Waals surface area contributed by atoms with Crippen molar-refractivity contribution in [3.05, 3.63) is 22.7 Å². The van der Waals surface area contributed by atoms with Gasteiger partial charge in [0.25, 0.3) is 0 Å². The molecule has 15 heavy (non-hydrogen) atoms. The van der Waals surface area contributed by atoms with Crippen LogP contribution < -0.4 is 11.5 Å². The third-order valence-electron chi connectivity index (χ3n) is 2.18. The van der Waals surface area contributed by atoms with Gasteiger partial charge in [-0.25, -0.2) is 0 Å². The van der Waals surface area contributed by atoms with Crippen LogP contribution in [0, 0.1) is 11.3 Å². The highest BCUT2D eigenvalue weighted by Crippen LogP contribution is 2.27. The Hall–Kier alpha value is -1.63. The molecule has 0 aromatic carbocycles. The fraction of sp³-hybridized carbons (Fsp3) is 0.545. The maximum atomic E-state index is 9.03. The SMILES string of the molecule is CC.N#C/C(C1=C(N)CCCC1)=C(/N)O. The molecule has 84 valence electrons. The Kier molecular flexibility index (Phi) is 6.03. The summed E-state index contributed by atoms with van der Waals surface area (Å²) in [6.07, 6.45) is 3.55. The molecule has 0 bridgehead atoms. The van der Waals surface area contributed by atoms with E-state index in [9.17, 15) is 0 Å². The Morgan fingerprint density at radius 3 is 2.27 bits per heavy atom. The molecule has 0 spiro atoms. The summed E-state index contributed by atoms with van der Waals surface area (Å²) in [5.74, 6) is -0.428. The van der Waals surface area contributed by atoms with Crippen LogP contribution in [0.2, 0.25) is 0 Å². The van der Waals surface area contributed by atoms with E-state index in [1.165, 1.54) is 0 Å². The zero-order valence-corrected chi connectivity index (χ0v) is 9.38. The van der Waals surface area contributed by atoms with Crippen LogP contribution in [0.3, 0.4) is 0 Å². The summed E-state index contributed by atoms with van der Waals surface area (Å²) < 4.78 is 0. The lowest BCUT2D eigenvalue weighted by Crippen LogP contribution is -2.12. The van der Waals surface area contributed by atoms with Crippen LogP contribution in [0.25, 0.3) is 0 Å². The van der Waals surface area contributed by atoms with Crippen LogP contribution in [0.4, 0.5) is 0 Å². The minimum absolute atomic E-state index is 0.136. The van der Waals surface area contributed by atoms with Gasteiger partial charge in [0.15, 0.2) is 5.88 Å². The molecule has 0 unspecified atom stereocenters. The van der Waals surface area contributed by atoms with E-state index in [-0.39, 0.29) is 5.57 Å². The number of nitrogens with two attached hydrogens (primary N) is 2. The molecule has 0 aliphatic heterocycles. The van der Waals surface area contributed by atoms with Gasteiger partial charge >= 0.3 is 0 Å². The first-order chi connectivity index (χ1) is 7.16. The van der Waals surface area contributed by atoms with Crippen LogP contribution in [-0.2, 0) is 0 Å². The van der Waals surface area contributed by atoms with E-state index in [1.807, 2.05) is 19.9 Å². The fourth-order valence-corrected chi connectivity index (χ4v) is 1.49. The Morgan fingerprint density at radius 2 is 1.87 bits per heavy atom. The number of allylic oxidation sites excluding steroid dienone is 3. The number of nitrogens with zero attached hydrogens (tertiary/aromatic N) is 1. The highest BCUT2D eigenvalue weighted by atomic mass is 16.3. The smallest absolute Gasteiger partial charge is 0.200 e. The quantitative estimate of drug-likeness (QED) is 0.455. The molecule has 0 atom stereocenters. The van der Waals surface area contributed by atoms with Crippen molar-refractivity contribution in [2.75, 3.05) is 0 Å². The van der Waals surface area contributed by atoms with Crippen molar-refractivity contribution in [1.29, 1.82) is 5.26 Å². The van der Waals surface area contributed by atoms with Crippen molar-refractivity contribution in [3.63, 3.8) is 0 Å². The molecule has 1 aliphatic rings. The zero-order chi connectivity index (χ0) is 11.8. The molecule has 4 heteroatoms. The van der Waals surface area contributed by atoms with Gasteiger partial charge in [-0.1, -0.05) is 13.8 Å². The number of hydrogen-bond donors (Lipinski definition) is 3. The third-order valence-corrected chi connectivity index (χ3v) is 2.18. The van der Waals surface area contributed by atoms with E-state index >= 15 is 0 Å². The van der Waals surface area contributed by atoms with Gasteiger partial charge in [0, 0.05) is 5.70 Å². The summed E-state index contributed by atoms with van der Waals surface area (Å²) in [4.78, 5) is 0. The molecule has 0 saturated carbocycles. The van der Waals surface area contributed by atoms with Crippen LogP contribution in [0.5, 0.6) is 0 Å². The van der Waals surface area contributed by atoms with Gasteiger partial charge in [-0.15, -0.1) is 0 Å². The van der Waals surface area contributed by atoms with Crippen molar-refractivity contribution in [3.8, 4) is 6.07 Å². The second-order valence-corrected chi connectivity index (χ2v) is 3.08. The maximum absolute atomic E-state index is 9.03. The summed E-state index contributed by atoms with van der Waals surface area (Å²) >= 11 is 0. The second kappa shape index (κ2) is 6.77. The first-order valence-corrected chi connectivity index (χ1v) is 5.23. The van der Waals surface area contributed by atoms with Crippen LogP contribution in [0.15, 0.2) is 22.7 Å². The topological polar surface area (TPSA) is 96.1 Å². The number of aliphatic hydroxyl groups excluding tert-OH is 1. The summed E-state index contributed by atoms with van der Waals surface area (Å²) in [5, 5.41) is 17.8. The lowest BCUT2D eigenvalue weighted by atomic mass is 9.92. The number of hydrogen-bond acceptors (Lipinski definition) is 4. The largest absolute Gasteiger partial charge is 0.494 e. The average Bonchev–Trinajstić information content (AvgIpc) is 2.24. The highest BCUT2D eigenvalue weighted by Gasteiger charge is 2.16. The molecule has 1 aliphatic carbocycles. The highest BCUT2D eigenvalue weighted by molar-refractivity contribution is 5.45. The number of nitriles is 1. The van der Waals surface area contributed by atoms with Crippen LogP contribution >= 0.6 is 0 Å². The van der Waals surface area contributed by atoms with E-state index in [2.05, 4.69) is 0 Å². The van der Waals surface area contributed by atoms with E-state index < -0.39 is 5.88 Å². The molecule has 1 rings (SSSR count). The molecular formula is C11H19N3O. The Balaban J connectivity index is 0.000000921. The molecule has 0 radical (unpaired) electrons. The molecular weight excluding hydrogens is 190 g/mol. The van der Waals surface area contributed by atoms with Gasteiger partial charge in [0.05, 0.1) is 0 Å². The Labute approximate surface area is 90.9 Å². The monoisotopic (exact) mass is 209 g/mol. The standard InChI is InChI=1S/C9H13N3O.C2H6/c10-5-7(9(12)13)6-3-1-2-4-8(6)11;1-2/h13H,1-4,11-12H2;1-2H3/b9-7+;. The molecule has 0 aromatic rings. The van der Waals surface area contributed by atoms with Gasteiger partial charge in [0.2, 0.25) is 0 Å². The molecule has 5 N–H and O–H groups in total. The number of aliphatic hydroxyl groups is 1. The molecule has 0 fully saturated rings. The molecule has 4 nitrogen and oxygen atoms in total. The Bertz CT molecular complexity index is 306. The van der Waals surface area contributed by atoms with E-state index in [4.69, 9.17) is 21.8 Å². The zero-order valence-electron chi connectivity index (χ0n) is 9.38. The van der Waals surface area contributed by atoms with E-state index in [0.717, 1.165) is 25.7 Å². The van der Waals surface area contributed by atoms with Gasteiger partial charge in [-0.3, -0.25) is 0 Å². The molecule has 0 saturated heterocycles. The maximum Gasteiger partial charge on any atom is 0.200 e. The van der Waals surface area contributed by atoms with Crippen molar-refractivity contribution >= 4 is 0 Å². The lowest BCUT2D eigenvalue weighted by molar-refractivity contribution is 0.401. The van der Waals surface area contributed by atoms with Crippen LogP contribution in [0.1, 0.15) is 39.5 Å². The fourth-order valence-electron chi connectivity index (χ4n) is 1.49. The Morgan fingerprint density at radius 1 is 1.33 bits per heavy atom. The predicted octanol–water partition coefficient (Wildman–Crippen LogP) is 2.05. The summed E-state index contributed by atoms with van der Waals surface area (Å²) in [7, 11) is 0. The third kappa shape index (κ3) is 3.55. The van der Waals surface area contributed by atoms with Crippen molar-refractivity contribution in [2.24, 2.45) is 11.5 Å².